The Bertz CT molecular complexity index is 308. The van der Waals surface area contributed by atoms with Gasteiger partial charge in [0.05, 0.1) is 5.69 Å². The summed E-state index contributed by atoms with van der Waals surface area (Å²) in [7, 11) is 0. The first-order valence-electron chi connectivity index (χ1n) is 5.37. The highest BCUT2D eigenvalue weighted by Gasteiger charge is 2.16. The number of hydrogen-bond acceptors (Lipinski definition) is 3. The molecule has 1 aromatic rings. The number of fused-ring (bicyclic) bond motifs is 1. The third-order valence-corrected chi connectivity index (χ3v) is 2.22. The van der Waals surface area contributed by atoms with Gasteiger partial charge in [-0.2, -0.15) is 0 Å². The van der Waals surface area contributed by atoms with Crippen molar-refractivity contribution in [2.24, 2.45) is 0 Å². The molecular formula is C11H19N3. The average Bonchev–Trinajstić information content (AvgIpc) is 2.67. The van der Waals surface area contributed by atoms with Crippen LogP contribution < -0.4 is 5.32 Å². The summed E-state index contributed by atoms with van der Waals surface area (Å²) >= 11 is 0. The second-order valence-corrected chi connectivity index (χ2v) is 3.10. The first-order chi connectivity index (χ1) is 6.81. The van der Waals surface area contributed by atoms with Crippen molar-refractivity contribution in [1.29, 1.82) is 0 Å². The lowest BCUT2D eigenvalue weighted by Crippen LogP contribution is -2.02. The summed E-state index contributed by atoms with van der Waals surface area (Å²) in [5.74, 6) is 0.898. The molecule has 78 valence electrons. The second-order valence-electron chi connectivity index (χ2n) is 3.10. The van der Waals surface area contributed by atoms with Crippen molar-refractivity contribution in [1.82, 2.24) is 15.3 Å². The van der Waals surface area contributed by atoms with Crippen molar-refractivity contribution in [2.75, 3.05) is 0 Å². The molecule has 1 aliphatic heterocycles. The Morgan fingerprint density at radius 3 is 2.57 bits per heavy atom. The van der Waals surface area contributed by atoms with Crippen molar-refractivity contribution in [3.05, 3.63) is 22.8 Å². The highest BCUT2D eigenvalue weighted by molar-refractivity contribution is 5.29. The third-order valence-electron chi connectivity index (χ3n) is 2.22. The van der Waals surface area contributed by atoms with Gasteiger partial charge in [0.1, 0.15) is 5.82 Å². The fraction of sp³-hybridized carbons (Fsp3) is 0.636. The number of rotatable bonds is 1. The van der Waals surface area contributed by atoms with E-state index in [-0.39, 0.29) is 0 Å². The Morgan fingerprint density at radius 2 is 1.93 bits per heavy atom. The van der Waals surface area contributed by atoms with Crippen molar-refractivity contribution in [3.8, 4) is 0 Å². The zero-order chi connectivity index (χ0) is 10.6. The highest BCUT2D eigenvalue weighted by Crippen LogP contribution is 2.16. The Balaban J connectivity index is 0.000000461. The molecule has 0 radical (unpaired) electrons. The molecule has 2 rings (SSSR count). The monoisotopic (exact) mass is 193 g/mol. The molecular weight excluding hydrogens is 174 g/mol. The topological polar surface area (TPSA) is 37.8 Å². The number of aromatic nitrogens is 2. The maximum atomic E-state index is 4.41. The zero-order valence-electron chi connectivity index (χ0n) is 9.52. The van der Waals surface area contributed by atoms with Gasteiger partial charge in [-0.15, -0.1) is 0 Å². The van der Waals surface area contributed by atoms with Crippen molar-refractivity contribution < 1.29 is 0 Å². The summed E-state index contributed by atoms with van der Waals surface area (Å²) in [5, 5.41) is 3.29. The molecule has 0 spiro atoms. The summed E-state index contributed by atoms with van der Waals surface area (Å²) < 4.78 is 0. The molecule has 0 saturated carbocycles. The van der Waals surface area contributed by atoms with Crippen LogP contribution in [0.3, 0.4) is 0 Å². The predicted molar refractivity (Wildman–Crippen MR) is 58.0 cm³/mol. The largest absolute Gasteiger partial charge is 0.307 e. The molecule has 0 aliphatic carbocycles. The van der Waals surface area contributed by atoms with E-state index < -0.39 is 0 Å². The minimum atomic E-state index is 0.898. The van der Waals surface area contributed by atoms with E-state index in [9.17, 15) is 0 Å². The van der Waals surface area contributed by atoms with Gasteiger partial charge < -0.3 is 5.32 Å². The fourth-order valence-electron chi connectivity index (χ4n) is 1.67. The zero-order valence-corrected chi connectivity index (χ0v) is 9.52. The van der Waals surface area contributed by atoms with E-state index in [2.05, 4.69) is 22.2 Å². The molecule has 1 aromatic heterocycles. The molecule has 0 bridgehead atoms. The molecule has 3 nitrogen and oxygen atoms in total. The number of nitrogens with one attached hydrogen (secondary N) is 1. The summed E-state index contributed by atoms with van der Waals surface area (Å²) in [6, 6.07) is 0. The Hall–Kier alpha value is -0.960. The van der Waals surface area contributed by atoms with Gasteiger partial charge in [-0.3, -0.25) is 0 Å². The summed E-state index contributed by atoms with van der Waals surface area (Å²) in [5.41, 5.74) is 3.73. The first kappa shape index (κ1) is 11.1. The molecule has 2 heterocycles. The summed E-state index contributed by atoms with van der Waals surface area (Å²) in [6.45, 7) is 9.95. The summed E-state index contributed by atoms with van der Waals surface area (Å²) in [4.78, 5) is 8.80. The molecule has 0 unspecified atom stereocenters. The summed E-state index contributed by atoms with van der Waals surface area (Å²) in [6.07, 6.45) is 1.01. The molecule has 1 N–H and O–H groups in total. The lowest BCUT2D eigenvalue weighted by Gasteiger charge is -2.04. The molecule has 0 aromatic carbocycles. The van der Waals surface area contributed by atoms with Gasteiger partial charge in [0.15, 0.2) is 0 Å². The van der Waals surface area contributed by atoms with Crippen LogP contribution in [0.15, 0.2) is 0 Å². The van der Waals surface area contributed by atoms with E-state index >= 15 is 0 Å². The maximum Gasteiger partial charge on any atom is 0.125 e. The number of nitrogens with zero attached hydrogens (tertiary/aromatic N) is 2. The quantitative estimate of drug-likeness (QED) is 0.741. The predicted octanol–water partition coefficient (Wildman–Crippen LogP) is 1.98. The molecule has 0 fully saturated rings. The van der Waals surface area contributed by atoms with E-state index in [1.165, 1.54) is 17.0 Å². The van der Waals surface area contributed by atoms with Crippen molar-refractivity contribution in [3.63, 3.8) is 0 Å². The highest BCUT2D eigenvalue weighted by atomic mass is 15.0. The van der Waals surface area contributed by atoms with Gasteiger partial charge in [0.2, 0.25) is 0 Å². The van der Waals surface area contributed by atoms with Crippen LogP contribution in [0.25, 0.3) is 0 Å². The third kappa shape index (κ3) is 2.10. The van der Waals surface area contributed by atoms with Crippen LogP contribution in [-0.4, -0.2) is 9.97 Å². The molecule has 3 heteroatoms. The first-order valence-corrected chi connectivity index (χ1v) is 5.37. The molecule has 14 heavy (non-hydrogen) atoms. The van der Waals surface area contributed by atoms with E-state index in [1.54, 1.807) is 0 Å². The van der Waals surface area contributed by atoms with E-state index in [1.807, 2.05) is 20.8 Å². The Morgan fingerprint density at radius 1 is 1.21 bits per heavy atom. The standard InChI is InChI=1S/C9H13N3.C2H6/c1-3-8-7-4-10-5-9(7)12-6(2)11-8;1-2/h10H,3-5H2,1-2H3;1-2H3. The van der Waals surface area contributed by atoms with Crippen LogP contribution in [0.1, 0.15) is 43.5 Å². The molecule has 1 aliphatic rings. The van der Waals surface area contributed by atoms with Crippen LogP contribution in [0.2, 0.25) is 0 Å². The van der Waals surface area contributed by atoms with Gasteiger partial charge in [0, 0.05) is 24.3 Å². The van der Waals surface area contributed by atoms with Gasteiger partial charge in [0.25, 0.3) is 0 Å². The smallest absolute Gasteiger partial charge is 0.125 e. The van der Waals surface area contributed by atoms with Crippen LogP contribution in [0, 0.1) is 6.92 Å². The van der Waals surface area contributed by atoms with E-state index in [0.29, 0.717) is 0 Å². The minimum Gasteiger partial charge on any atom is -0.307 e. The normalized spacial score (nSPS) is 13.1. The van der Waals surface area contributed by atoms with Gasteiger partial charge in [-0.05, 0) is 13.3 Å². The molecule has 0 atom stereocenters. The van der Waals surface area contributed by atoms with Crippen molar-refractivity contribution in [2.45, 2.75) is 47.2 Å². The second kappa shape index (κ2) is 5.05. The van der Waals surface area contributed by atoms with E-state index in [4.69, 9.17) is 0 Å². The van der Waals surface area contributed by atoms with Gasteiger partial charge in [-0.25, -0.2) is 9.97 Å². The lowest BCUT2D eigenvalue weighted by molar-refractivity contribution is 0.755. The SMILES string of the molecule is CC.CCc1nc(C)nc2c1CNC2. The average molecular weight is 193 g/mol. The molecule has 0 amide bonds. The Kier molecular flexibility index (Phi) is 4.01. The van der Waals surface area contributed by atoms with Gasteiger partial charge in [-0.1, -0.05) is 20.8 Å². The number of aryl methyl sites for hydroxylation is 2. The van der Waals surface area contributed by atoms with Crippen LogP contribution in [-0.2, 0) is 19.5 Å². The Labute approximate surface area is 86.0 Å². The van der Waals surface area contributed by atoms with Crippen LogP contribution in [0.5, 0.6) is 0 Å². The maximum absolute atomic E-state index is 4.41. The van der Waals surface area contributed by atoms with Gasteiger partial charge >= 0.3 is 0 Å². The van der Waals surface area contributed by atoms with Crippen molar-refractivity contribution >= 4 is 0 Å². The number of hydrogen-bond donors (Lipinski definition) is 1. The molecule has 0 saturated heterocycles. The van der Waals surface area contributed by atoms with Crippen LogP contribution >= 0.6 is 0 Å². The van der Waals surface area contributed by atoms with Crippen LogP contribution in [0.4, 0.5) is 0 Å². The minimum absolute atomic E-state index is 0.898. The van der Waals surface area contributed by atoms with E-state index in [0.717, 1.165) is 25.3 Å². The lowest BCUT2D eigenvalue weighted by atomic mass is 10.1. The fourth-order valence-corrected chi connectivity index (χ4v) is 1.67.